The van der Waals surface area contributed by atoms with Crippen LogP contribution in [-0.2, 0) is 30.4 Å². The first-order valence-corrected chi connectivity index (χ1v) is 11.1. The van der Waals surface area contributed by atoms with Gasteiger partial charge < -0.3 is 26.6 Å². The fourth-order valence-electron chi connectivity index (χ4n) is 2.97. The Kier molecular flexibility index (Phi) is 12.1. The molecular weight excluding hydrogens is 438 g/mol. The third-order valence-electron chi connectivity index (χ3n) is 4.77. The smallest absolute Gasteiger partial charge is 0.246 e. The molecule has 10 nitrogen and oxygen atoms in total. The molecule has 0 aliphatic heterocycles. The molecule has 34 heavy (non-hydrogen) atoms. The minimum absolute atomic E-state index is 0.0792. The summed E-state index contributed by atoms with van der Waals surface area (Å²) < 4.78 is 0. The highest BCUT2D eigenvalue weighted by atomic mass is 16.2. The van der Waals surface area contributed by atoms with Gasteiger partial charge in [-0.15, -0.1) is 0 Å². The van der Waals surface area contributed by atoms with E-state index in [1.165, 1.54) is 14.0 Å². The summed E-state index contributed by atoms with van der Waals surface area (Å²) in [7, 11) is 1.46. The zero-order valence-corrected chi connectivity index (χ0v) is 20.2. The van der Waals surface area contributed by atoms with Crippen LogP contribution in [0.1, 0.15) is 32.8 Å². The van der Waals surface area contributed by atoms with Crippen LogP contribution in [0.5, 0.6) is 0 Å². The molecule has 186 valence electrons. The molecule has 1 aromatic rings. The summed E-state index contributed by atoms with van der Waals surface area (Å²) in [5, 5.41) is 12.7. The van der Waals surface area contributed by atoms with Crippen molar-refractivity contribution in [2.45, 2.75) is 45.7 Å². The first-order chi connectivity index (χ1) is 16.0. The largest absolute Gasteiger partial charge is 0.358 e. The van der Waals surface area contributed by atoms with Crippen LogP contribution in [0.25, 0.3) is 0 Å². The summed E-state index contributed by atoms with van der Waals surface area (Å²) in [6.45, 7) is 8.29. The Hall–Kier alpha value is -3.69. The summed E-state index contributed by atoms with van der Waals surface area (Å²) in [4.78, 5) is 61.3. The lowest BCUT2D eigenvalue weighted by Gasteiger charge is -2.24. The van der Waals surface area contributed by atoms with Crippen LogP contribution in [0.2, 0.25) is 0 Å². The predicted octanol–water partition coefficient (Wildman–Crippen LogP) is -0.201. The number of rotatable bonds is 13. The number of nitrogens with one attached hydrogen (secondary N) is 5. The number of hydrogen-bond acceptors (Lipinski definition) is 5. The topological polar surface area (TPSA) is 146 Å². The highest BCUT2D eigenvalue weighted by Crippen LogP contribution is 2.08. The number of carbonyl (C=O) groups is 5. The van der Waals surface area contributed by atoms with Crippen molar-refractivity contribution in [1.29, 1.82) is 0 Å². The maximum absolute atomic E-state index is 13.1. The van der Waals surface area contributed by atoms with Crippen LogP contribution in [0.4, 0.5) is 0 Å². The van der Waals surface area contributed by atoms with Gasteiger partial charge in [-0.3, -0.25) is 24.0 Å². The van der Waals surface area contributed by atoms with Gasteiger partial charge in [0.15, 0.2) is 0 Å². The highest BCUT2D eigenvalue weighted by Gasteiger charge is 2.28. The summed E-state index contributed by atoms with van der Waals surface area (Å²) in [6, 6.07) is 7.21. The van der Waals surface area contributed by atoms with Crippen LogP contribution in [0.3, 0.4) is 0 Å². The molecule has 2 unspecified atom stereocenters. The molecule has 0 aliphatic rings. The molecule has 10 heteroatoms. The van der Waals surface area contributed by atoms with Crippen molar-refractivity contribution in [2.24, 2.45) is 5.92 Å². The molecule has 1 rings (SSSR count). The molecule has 0 saturated carbocycles. The Labute approximate surface area is 200 Å². The quantitative estimate of drug-likeness (QED) is 0.252. The molecule has 0 bridgehead atoms. The highest BCUT2D eigenvalue weighted by molar-refractivity contribution is 5.96. The first kappa shape index (κ1) is 28.3. The molecule has 0 aromatic heterocycles. The molecule has 2 atom stereocenters. The van der Waals surface area contributed by atoms with E-state index in [0.717, 1.165) is 5.56 Å². The van der Waals surface area contributed by atoms with Gasteiger partial charge in [-0.25, -0.2) is 0 Å². The van der Waals surface area contributed by atoms with E-state index >= 15 is 0 Å². The Morgan fingerprint density at radius 1 is 0.853 bits per heavy atom. The van der Waals surface area contributed by atoms with Crippen LogP contribution < -0.4 is 26.6 Å². The molecule has 0 heterocycles. The van der Waals surface area contributed by atoms with E-state index in [1.54, 1.807) is 0 Å². The van der Waals surface area contributed by atoms with E-state index in [2.05, 4.69) is 33.2 Å². The number of amides is 5. The maximum atomic E-state index is 13.1. The lowest BCUT2D eigenvalue weighted by atomic mass is 10.0. The van der Waals surface area contributed by atoms with Gasteiger partial charge in [0.25, 0.3) is 0 Å². The van der Waals surface area contributed by atoms with E-state index in [0.29, 0.717) is 6.42 Å². The number of carbonyl (C=O) groups excluding carboxylic acids is 5. The predicted molar refractivity (Wildman–Crippen MR) is 128 cm³/mol. The van der Waals surface area contributed by atoms with E-state index < -0.39 is 35.7 Å². The van der Waals surface area contributed by atoms with Crippen LogP contribution in [0.15, 0.2) is 42.5 Å². The van der Waals surface area contributed by atoms with Crippen LogP contribution in [0, 0.1) is 5.92 Å². The summed E-state index contributed by atoms with van der Waals surface area (Å²) in [5.41, 5.74) is 1.06. The van der Waals surface area contributed by atoms with Crippen molar-refractivity contribution >= 4 is 29.5 Å². The SMILES string of the molecule is C=C(C)C(=O)NCC(=O)NC(Cc1ccccc1)C(=O)NC(CC(C)C)C(=O)NCC(=O)NC. The van der Waals surface area contributed by atoms with Gasteiger partial charge in [0.05, 0.1) is 13.1 Å². The first-order valence-electron chi connectivity index (χ1n) is 11.1. The second kappa shape index (κ2) is 14.5. The van der Waals surface area contributed by atoms with E-state index in [9.17, 15) is 24.0 Å². The van der Waals surface area contributed by atoms with Gasteiger partial charge >= 0.3 is 0 Å². The summed E-state index contributed by atoms with van der Waals surface area (Å²) in [6.07, 6.45) is 0.521. The molecule has 0 aliphatic carbocycles. The molecule has 0 saturated heterocycles. The van der Waals surface area contributed by atoms with Crippen LogP contribution >= 0.6 is 0 Å². The van der Waals surface area contributed by atoms with Gasteiger partial charge in [0, 0.05) is 19.0 Å². The Morgan fingerprint density at radius 3 is 2.03 bits per heavy atom. The third kappa shape index (κ3) is 10.8. The third-order valence-corrected chi connectivity index (χ3v) is 4.77. The summed E-state index contributed by atoms with van der Waals surface area (Å²) in [5.74, 6) is -2.36. The lowest BCUT2D eigenvalue weighted by molar-refractivity contribution is -0.133. The molecule has 0 spiro atoms. The Balaban J connectivity index is 2.96. The molecule has 5 N–H and O–H groups in total. The van der Waals surface area contributed by atoms with Gasteiger partial charge in [-0.1, -0.05) is 50.8 Å². The van der Waals surface area contributed by atoms with Crippen molar-refractivity contribution in [1.82, 2.24) is 26.6 Å². The average molecular weight is 474 g/mol. The van der Waals surface area contributed by atoms with Crippen molar-refractivity contribution < 1.29 is 24.0 Å². The van der Waals surface area contributed by atoms with Gasteiger partial charge in [0.2, 0.25) is 29.5 Å². The minimum Gasteiger partial charge on any atom is -0.358 e. The zero-order chi connectivity index (χ0) is 25.7. The van der Waals surface area contributed by atoms with Gasteiger partial charge in [-0.05, 0) is 24.8 Å². The standard InChI is InChI=1S/C24H35N5O5/c1-15(2)11-18(23(33)27-13-20(30)25-5)29-24(34)19(12-17-9-7-6-8-10-17)28-21(31)14-26-22(32)16(3)4/h6-10,15,18-19H,3,11-14H2,1-2,4-5H3,(H,25,30)(H,26,32)(H,27,33)(H,28,31)(H,29,34). The second-order valence-corrected chi connectivity index (χ2v) is 8.35. The number of hydrogen-bond donors (Lipinski definition) is 5. The van der Waals surface area contributed by atoms with Crippen molar-refractivity contribution in [3.63, 3.8) is 0 Å². The number of likely N-dealkylation sites (N-methyl/N-ethyl adjacent to an activating group) is 1. The van der Waals surface area contributed by atoms with Gasteiger partial charge in [-0.2, -0.15) is 0 Å². The van der Waals surface area contributed by atoms with Crippen molar-refractivity contribution in [3.05, 3.63) is 48.0 Å². The Morgan fingerprint density at radius 2 is 1.47 bits per heavy atom. The summed E-state index contributed by atoms with van der Waals surface area (Å²) >= 11 is 0. The molecule has 0 radical (unpaired) electrons. The van der Waals surface area contributed by atoms with Crippen molar-refractivity contribution in [3.8, 4) is 0 Å². The Bertz CT molecular complexity index is 885. The fraction of sp³-hybridized carbons (Fsp3) is 0.458. The lowest BCUT2D eigenvalue weighted by Crippen LogP contribution is -2.56. The minimum atomic E-state index is -0.988. The van der Waals surface area contributed by atoms with Crippen LogP contribution in [-0.4, -0.2) is 61.8 Å². The average Bonchev–Trinajstić information content (AvgIpc) is 2.79. The fourth-order valence-corrected chi connectivity index (χ4v) is 2.97. The van der Waals surface area contributed by atoms with E-state index in [-0.39, 0.29) is 36.9 Å². The zero-order valence-electron chi connectivity index (χ0n) is 20.2. The molecule has 0 fully saturated rings. The molecular formula is C24H35N5O5. The monoisotopic (exact) mass is 473 g/mol. The van der Waals surface area contributed by atoms with E-state index in [1.807, 2.05) is 44.2 Å². The molecule has 1 aromatic carbocycles. The number of benzene rings is 1. The van der Waals surface area contributed by atoms with Crippen molar-refractivity contribution in [2.75, 3.05) is 20.1 Å². The second-order valence-electron chi connectivity index (χ2n) is 8.35. The maximum Gasteiger partial charge on any atom is 0.246 e. The molecule has 5 amide bonds. The van der Waals surface area contributed by atoms with E-state index in [4.69, 9.17) is 0 Å². The van der Waals surface area contributed by atoms with Gasteiger partial charge in [0.1, 0.15) is 12.1 Å². The normalized spacial score (nSPS) is 12.1.